The minimum atomic E-state index is -1.16. The quantitative estimate of drug-likeness (QED) is 0.396. The number of aliphatic imine (C=N–C) groups is 1. The molecule has 2 aliphatic heterocycles. The molecule has 142 valence electrons. The lowest BCUT2D eigenvalue weighted by atomic mass is 9.88. The van der Waals surface area contributed by atoms with Crippen molar-refractivity contribution in [2.45, 2.75) is 24.8 Å². The van der Waals surface area contributed by atoms with E-state index in [0.717, 1.165) is 0 Å². The zero-order chi connectivity index (χ0) is 19.6. The van der Waals surface area contributed by atoms with Crippen LogP contribution in [0.25, 0.3) is 0 Å². The molecule has 1 fully saturated rings. The standard InChI is InChI=1S/C18H21N5O4/c19-16(20)12-1-3-13(4-2-12)17(27)22-7-5-18(6-8-22)10-23(11-21-18)14(24)9-15(25)26/h1-4,11H,5-10H2,(H3,19,20)(H,25,26). The van der Waals surface area contributed by atoms with Crippen molar-refractivity contribution >= 4 is 30.0 Å². The monoisotopic (exact) mass is 371 g/mol. The molecular weight excluding hydrogens is 350 g/mol. The Bertz CT molecular complexity index is 810. The Morgan fingerprint density at radius 3 is 2.30 bits per heavy atom. The van der Waals surface area contributed by atoms with Gasteiger partial charge in [-0.3, -0.25) is 24.8 Å². The summed E-state index contributed by atoms with van der Waals surface area (Å²) < 4.78 is 0. The number of carboxylic acids is 1. The van der Waals surface area contributed by atoms with Crippen molar-refractivity contribution in [3.05, 3.63) is 35.4 Å². The lowest BCUT2D eigenvalue weighted by Crippen LogP contribution is -2.48. The number of benzene rings is 1. The number of hydrogen-bond acceptors (Lipinski definition) is 5. The van der Waals surface area contributed by atoms with Gasteiger partial charge in [-0.25, -0.2) is 0 Å². The second-order valence-corrected chi connectivity index (χ2v) is 6.84. The molecule has 0 radical (unpaired) electrons. The Labute approximate surface area is 156 Å². The number of carboxylic acid groups (broad SMARTS) is 1. The highest BCUT2D eigenvalue weighted by atomic mass is 16.4. The maximum atomic E-state index is 12.7. The van der Waals surface area contributed by atoms with Gasteiger partial charge in [0.15, 0.2) is 0 Å². The third-order valence-corrected chi connectivity index (χ3v) is 4.98. The molecule has 0 bridgehead atoms. The first-order chi connectivity index (χ1) is 12.8. The molecular formula is C18H21N5O4. The largest absolute Gasteiger partial charge is 0.481 e. The first-order valence-corrected chi connectivity index (χ1v) is 8.60. The van der Waals surface area contributed by atoms with E-state index < -0.39 is 23.8 Å². The molecule has 4 N–H and O–H groups in total. The highest BCUT2D eigenvalue weighted by Gasteiger charge is 2.41. The van der Waals surface area contributed by atoms with Gasteiger partial charge in [0.1, 0.15) is 12.3 Å². The minimum Gasteiger partial charge on any atom is -0.481 e. The summed E-state index contributed by atoms with van der Waals surface area (Å²) in [5.74, 6) is -1.78. The van der Waals surface area contributed by atoms with Gasteiger partial charge in [0.25, 0.3) is 5.91 Å². The predicted molar refractivity (Wildman–Crippen MR) is 97.8 cm³/mol. The maximum absolute atomic E-state index is 12.7. The van der Waals surface area contributed by atoms with Gasteiger partial charge in [-0.15, -0.1) is 0 Å². The number of amidine groups is 1. The van der Waals surface area contributed by atoms with Crippen LogP contribution in [0.4, 0.5) is 0 Å². The van der Waals surface area contributed by atoms with E-state index in [1.165, 1.54) is 11.2 Å². The van der Waals surface area contributed by atoms with Gasteiger partial charge in [0.2, 0.25) is 5.91 Å². The number of likely N-dealkylation sites (tertiary alicyclic amines) is 1. The number of piperidine rings is 1. The summed E-state index contributed by atoms with van der Waals surface area (Å²) in [6.07, 6.45) is 2.08. The Balaban J connectivity index is 1.58. The normalized spacial score (nSPS) is 17.9. The molecule has 1 aromatic rings. The minimum absolute atomic E-state index is 0.0463. The summed E-state index contributed by atoms with van der Waals surface area (Å²) in [4.78, 5) is 42.8. The van der Waals surface area contributed by atoms with Crippen LogP contribution in [-0.2, 0) is 9.59 Å². The lowest BCUT2D eigenvalue weighted by Gasteiger charge is -2.37. The highest BCUT2D eigenvalue weighted by molar-refractivity contribution is 5.99. The van der Waals surface area contributed by atoms with E-state index in [1.54, 1.807) is 29.2 Å². The van der Waals surface area contributed by atoms with Crippen LogP contribution in [0.3, 0.4) is 0 Å². The fourth-order valence-electron chi connectivity index (χ4n) is 3.36. The number of carbonyl (C=O) groups excluding carboxylic acids is 2. The fourth-order valence-corrected chi connectivity index (χ4v) is 3.36. The Morgan fingerprint density at radius 2 is 1.74 bits per heavy atom. The van der Waals surface area contributed by atoms with Crippen molar-refractivity contribution in [2.24, 2.45) is 10.7 Å². The summed E-state index contributed by atoms with van der Waals surface area (Å²) in [5, 5.41) is 16.1. The summed E-state index contributed by atoms with van der Waals surface area (Å²) in [6, 6.07) is 6.61. The van der Waals surface area contributed by atoms with Crippen molar-refractivity contribution in [3.63, 3.8) is 0 Å². The molecule has 0 unspecified atom stereocenters. The molecule has 9 heteroatoms. The summed E-state index contributed by atoms with van der Waals surface area (Å²) in [6.45, 7) is 1.37. The van der Waals surface area contributed by atoms with Crippen molar-refractivity contribution in [3.8, 4) is 0 Å². The van der Waals surface area contributed by atoms with E-state index in [4.69, 9.17) is 16.2 Å². The number of nitrogen functional groups attached to an aromatic ring is 1. The van der Waals surface area contributed by atoms with Crippen molar-refractivity contribution in [1.82, 2.24) is 9.80 Å². The molecule has 1 saturated heterocycles. The third kappa shape index (κ3) is 3.97. The average molecular weight is 371 g/mol. The number of amides is 2. The number of carbonyl (C=O) groups is 3. The summed E-state index contributed by atoms with van der Waals surface area (Å²) >= 11 is 0. The molecule has 2 heterocycles. The molecule has 9 nitrogen and oxygen atoms in total. The van der Waals surface area contributed by atoms with Crippen LogP contribution >= 0.6 is 0 Å². The lowest BCUT2D eigenvalue weighted by molar-refractivity contribution is -0.142. The SMILES string of the molecule is N=C(N)c1ccc(C(=O)N2CCC3(CC2)CN(C(=O)CC(=O)O)C=N3)cc1. The van der Waals surface area contributed by atoms with Crippen LogP contribution in [0.15, 0.2) is 29.3 Å². The molecule has 0 aliphatic carbocycles. The molecule has 1 spiro atoms. The molecule has 0 atom stereocenters. The Hall–Kier alpha value is -3.23. The van der Waals surface area contributed by atoms with Gasteiger partial charge in [-0.2, -0.15) is 0 Å². The zero-order valence-electron chi connectivity index (χ0n) is 14.7. The van der Waals surface area contributed by atoms with E-state index in [0.29, 0.717) is 43.6 Å². The zero-order valence-corrected chi connectivity index (χ0v) is 14.7. The van der Waals surface area contributed by atoms with Gasteiger partial charge >= 0.3 is 5.97 Å². The Morgan fingerprint density at radius 1 is 1.15 bits per heavy atom. The summed E-state index contributed by atoms with van der Waals surface area (Å²) in [5.41, 5.74) is 6.08. The number of rotatable bonds is 4. The highest BCUT2D eigenvalue weighted by Crippen LogP contribution is 2.31. The topological polar surface area (TPSA) is 140 Å². The van der Waals surface area contributed by atoms with Crippen LogP contribution in [-0.4, -0.2) is 70.0 Å². The number of nitrogens with zero attached hydrogens (tertiary/aromatic N) is 3. The van der Waals surface area contributed by atoms with Crippen LogP contribution in [0, 0.1) is 5.41 Å². The van der Waals surface area contributed by atoms with Crippen LogP contribution < -0.4 is 5.73 Å². The van der Waals surface area contributed by atoms with Gasteiger partial charge in [-0.1, -0.05) is 12.1 Å². The van der Waals surface area contributed by atoms with Crippen LogP contribution in [0.2, 0.25) is 0 Å². The van der Waals surface area contributed by atoms with E-state index >= 15 is 0 Å². The number of nitrogens with two attached hydrogens (primary N) is 1. The molecule has 2 amide bonds. The molecule has 27 heavy (non-hydrogen) atoms. The number of aliphatic carboxylic acids is 1. The molecule has 1 aromatic carbocycles. The fraction of sp³-hybridized carbons (Fsp3) is 0.389. The van der Waals surface area contributed by atoms with E-state index in [9.17, 15) is 14.4 Å². The predicted octanol–water partition coefficient (Wildman–Crippen LogP) is 0.291. The van der Waals surface area contributed by atoms with Crippen LogP contribution in [0.5, 0.6) is 0 Å². The van der Waals surface area contributed by atoms with E-state index in [2.05, 4.69) is 4.99 Å². The molecule has 0 saturated carbocycles. The van der Waals surface area contributed by atoms with Gasteiger partial charge in [0, 0.05) is 24.2 Å². The first-order valence-electron chi connectivity index (χ1n) is 8.60. The molecule has 3 rings (SSSR count). The van der Waals surface area contributed by atoms with Crippen molar-refractivity contribution in [1.29, 1.82) is 5.41 Å². The van der Waals surface area contributed by atoms with Crippen molar-refractivity contribution < 1.29 is 19.5 Å². The Kier molecular flexibility index (Phi) is 4.93. The second-order valence-electron chi connectivity index (χ2n) is 6.84. The van der Waals surface area contributed by atoms with Gasteiger partial charge < -0.3 is 20.6 Å². The average Bonchev–Trinajstić information content (AvgIpc) is 3.05. The van der Waals surface area contributed by atoms with E-state index in [1.807, 2.05) is 0 Å². The van der Waals surface area contributed by atoms with E-state index in [-0.39, 0.29) is 11.7 Å². The maximum Gasteiger partial charge on any atom is 0.312 e. The van der Waals surface area contributed by atoms with Crippen molar-refractivity contribution in [2.75, 3.05) is 19.6 Å². The van der Waals surface area contributed by atoms with Gasteiger partial charge in [-0.05, 0) is 25.0 Å². The smallest absolute Gasteiger partial charge is 0.312 e. The number of hydrogen-bond donors (Lipinski definition) is 3. The van der Waals surface area contributed by atoms with Gasteiger partial charge in [0.05, 0.1) is 18.4 Å². The molecule has 2 aliphatic rings. The third-order valence-electron chi connectivity index (χ3n) is 4.98. The second kappa shape index (κ2) is 7.18. The molecule has 0 aromatic heterocycles. The van der Waals surface area contributed by atoms with Crippen LogP contribution in [0.1, 0.15) is 35.2 Å². The first kappa shape index (κ1) is 18.6. The number of nitrogens with one attached hydrogen (secondary N) is 1. The summed E-state index contributed by atoms with van der Waals surface area (Å²) in [7, 11) is 0.